The monoisotopic (exact) mass is 251 g/mol. The highest BCUT2D eigenvalue weighted by molar-refractivity contribution is 5.71. The third-order valence-electron chi connectivity index (χ3n) is 2.66. The quantitative estimate of drug-likeness (QED) is 0.903. The van der Waals surface area contributed by atoms with Crippen molar-refractivity contribution in [3.05, 3.63) is 24.0 Å². The van der Waals surface area contributed by atoms with Crippen molar-refractivity contribution in [3.63, 3.8) is 0 Å². The number of methoxy groups -OCH3 is 2. The van der Waals surface area contributed by atoms with E-state index >= 15 is 0 Å². The van der Waals surface area contributed by atoms with E-state index in [2.05, 4.69) is 5.10 Å². The lowest BCUT2D eigenvalue weighted by Gasteiger charge is -2.09. The topological polar surface area (TPSA) is 62.3 Å². The summed E-state index contributed by atoms with van der Waals surface area (Å²) >= 11 is 0. The van der Waals surface area contributed by atoms with Gasteiger partial charge in [-0.15, -0.1) is 0 Å². The number of benzene rings is 1. The fourth-order valence-electron chi connectivity index (χ4n) is 1.69. The first-order valence-electron chi connectivity index (χ1n) is 5.28. The number of nitrogens with zero attached hydrogens (tertiary/aromatic N) is 2. The van der Waals surface area contributed by atoms with Gasteiger partial charge in [-0.2, -0.15) is 5.10 Å². The molecule has 5 nitrogen and oxygen atoms in total. The molecule has 0 bridgehead atoms. The van der Waals surface area contributed by atoms with Gasteiger partial charge in [0.2, 0.25) is 0 Å². The zero-order valence-corrected chi connectivity index (χ0v) is 10.4. The fourth-order valence-corrected chi connectivity index (χ4v) is 1.69. The largest absolute Gasteiger partial charge is 0.497 e. The number of hydrogen-bond acceptors (Lipinski definition) is 4. The average molecular weight is 251 g/mol. The SMILES string of the molecule is COc1cc(F)c(-c2cc(N)n(C)n2)c(OC)c1. The number of hydrogen-bond donors (Lipinski definition) is 1. The van der Waals surface area contributed by atoms with Gasteiger partial charge in [0.1, 0.15) is 28.8 Å². The molecule has 0 aliphatic rings. The molecule has 0 fully saturated rings. The standard InChI is InChI=1S/C12H14FN3O2/c1-16-11(14)6-9(15-16)12-8(13)4-7(17-2)5-10(12)18-3/h4-6H,14H2,1-3H3. The minimum atomic E-state index is -0.468. The van der Waals surface area contributed by atoms with E-state index in [-0.39, 0.29) is 5.56 Å². The Balaban J connectivity index is 2.62. The number of nitrogen functional groups attached to an aromatic ring is 1. The number of aryl methyl sites for hydroxylation is 1. The van der Waals surface area contributed by atoms with Crippen molar-refractivity contribution in [3.8, 4) is 22.8 Å². The van der Waals surface area contributed by atoms with Crippen LogP contribution in [0.1, 0.15) is 0 Å². The Kier molecular flexibility index (Phi) is 3.10. The van der Waals surface area contributed by atoms with Crippen LogP contribution >= 0.6 is 0 Å². The molecule has 0 saturated heterocycles. The number of anilines is 1. The van der Waals surface area contributed by atoms with Gasteiger partial charge in [-0.3, -0.25) is 4.68 Å². The van der Waals surface area contributed by atoms with E-state index in [1.807, 2.05) is 0 Å². The van der Waals surface area contributed by atoms with Gasteiger partial charge in [0.05, 0.1) is 19.8 Å². The van der Waals surface area contributed by atoms with Crippen LogP contribution in [-0.2, 0) is 7.05 Å². The third kappa shape index (κ3) is 1.97. The molecule has 0 atom stereocenters. The first kappa shape index (κ1) is 12.2. The first-order chi connectivity index (χ1) is 8.56. The van der Waals surface area contributed by atoms with Crippen LogP contribution < -0.4 is 15.2 Å². The number of halogens is 1. The highest BCUT2D eigenvalue weighted by atomic mass is 19.1. The van der Waals surface area contributed by atoms with E-state index in [0.717, 1.165) is 0 Å². The van der Waals surface area contributed by atoms with E-state index in [1.54, 1.807) is 19.2 Å². The van der Waals surface area contributed by atoms with Crippen LogP contribution in [0.2, 0.25) is 0 Å². The molecular formula is C12H14FN3O2. The fraction of sp³-hybridized carbons (Fsp3) is 0.250. The zero-order chi connectivity index (χ0) is 13.3. The number of aromatic nitrogens is 2. The lowest BCUT2D eigenvalue weighted by molar-refractivity contribution is 0.390. The van der Waals surface area contributed by atoms with Crippen molar-refractivity contribution < 1.29 is 13.9 Å². The zero-order valence-electron chi connectivity index (χ0n) is 10.4. The smallest absolute Gasteiger partial charge is 0.140 e. The summed E-state index contributed by atoms with van der Waals surface area (Å²) in [6.07, 6.45) is 0. The lowest BCUT2D eigenvalue weighted by Crippen LogP contribution is -1.97. The van der Waals surface area contributed by atoms with Crippen LogP contribution in [0, 0.1) is 5.82 Å². The highest BCUT2D eigenvalue weighted by Gasteiger charge is 2.17. The van der Waals surface area contributed by atoms with E-state index in [4.69, 9.17) is 15.2 Å². The maximum absolute atomic E-state index is 14.1. The van der Waals surface area contributed by atoms with Crippen LogP contribution in [0.5, 0.6) is 11.5 Å². The average Bonchev–Trinajstić information content (AvgIpc) is 2.67. The van der Waals surface area contributed by atoms with Crippen molar-refractivity contribution in [2.45, 2.75) is 0 Å². The van der Waals surface area contributed by atoms with E-state index in [1.165, 1.54) is 25.0 Å². The van der Waals surface area contributed by atoms with Crippen LogP contribution in [0.25, 0.3) is 11.3 Å². The molecule has 2 aromatic rings. The van der Waals surface area contributed by atoms with E-state index in [9.17, 15) is 4.39 Å². The van der Waals surface area contributed by atoms with Crippen molar-refractivity contribution in [1.29, 1.82) is 0 Å². The molecule has 1 aromatic heterocycles. The van der Waals surface area contributed by atoms with Crippen LogP contribution in [0.3, 0.4) is 0 Å². The Labute approximate surface area is 104 Å². The Morgan fingerprint density at radius 3 is 2.44 bits per heavy atom. The van der Waals surface area contributed by atoms with Gasteiger partial charge in [0.15, 0.2) is 0 Å². The van der Waals surface area contributed by atoms with Gasteiger partial charge in [-0.25, -0.2) is 4.39 Å². The Morgan fingerprint density at radius 1 is 1.22 bits per heavy atom. The molecule has 18 heavy (non-hydrogen) atoms. The number of rotatable bonds is 3. The lowest BCUT2D eigenvalue weighted by atomic mass is 10.1. The van der Waals surface area contributed by atoms with Crippen LogP contribution in [-0.4, -0.2) is 24.0 Å². The van der Waals surface area contributed by atoms with Gasteiger partial charge in [0.25, 0.3) is 0 Å². The molecule has 1 aromatic carbocycles. The van der Waals surface area contributed by atoms with E-state index < -0.39 is 5.82 Å². The Bertz CT molecular complexity index is 561. The second-order valence-electron chi connectivity index (χ2n) is 3.76. The predicted molar refractivity (Wildman–Crippen MR) is 66.1 cm³/mol. The third-order valence-corrected chi connectivity index (χ3v) is 2.66. The molecule has 2 N–H and O–H groups in total. The molecule has 0 amide bonds. The second kappa shape index (κ2) is 4.56. The number of nitrogens with two attached hydrogens (primary N) is 1. The van der Waals surface area contributed by atoms with E-state index in [0.29, 0.717) is 23.0 Å². The molecule has 0 saturated carbocycles. The number of ether oxygens (including phenoxy) is 2. The van der Waals surface area contributed by atoms with Crippen molar-refractivity contribution in [1.82, 2.24) is 9.78 Å². The molecule has 2 rings (SSSR count). The van der Waals surface area contributed by atoms with Gasteiger partial charge in [0, 0.05) is 25.2 Å². The van der Waals surface area contributed by atoms with Crippen molar-refractivity contribution >= 4 is 5.82 Å². The summed E-state index contributed by atoms with van der Waals surface area (Å²) in [5, 5.41) is 4.14. The molecule has 0 aliphatic heterocycles. The molecule has 0 spiro atoms. The maximum Gasteiger partial charge on any atom is 0.140 e. The molecule has 96 valence electrons. The summed E-state index contributed by atoms with van der Waals surface area (Å²) in [6.45, 7) is 0. The minimum absolute atomic E-state index is 0.269. The van der Waals surface area contributed by atoms with Gasteiger partial charge in [-0.1, -0.05) is 0 Å². The normalized spacial score (nSPS) is 10.4. The molecule has 6 heteroatoms. The molecule has 1 heterocycles. The highest BCUT2D eigenvalue weighted by Crippen LogP contribution is 2.35. The summed E-state index contributed by atoms with van der Waals surface area (Å²) in [4.78, 5) is 0. The first-order valence-corrected chi connectivity index (χ1v) is 5.28. The molecule has 0 radical (unpaired) electrons. The van der Waals surface area contributed by atoms with Crippen molar-refractivity contribution in [2.24, 2.45) is 7.05 Å². The molecular weight excluding hydrogens is 237 g/mol. The predicted octanol–water partition coefficient (Wildman–Crippen LogP) is 1.83. The van der Waals surface area contributed by atoms with Gasteiger partial charge in [-0.05, 0) is 0 Å². The molecule has 0 unspecified atom stereocenters. The van der Waals surface area contributed by atoms with Crippen molar-refractivity contribution in [2.75, 3.05) is 20.0 Å². The summed E-state index contributed by atoms with van der Waals surface area (Å²) in [6, 6.07) is 4.47. The van der Waals surface area contributed by atoms with Crippen LogP contribution in [0.4, 0.5) is 10.2 Å². The summed E-state index contributed by atoms with van der Waals surface area (Å²) in [5.41, 5.74) is 6.38. The Hall–Kier alpha value is -2.24. The summed E-state index contributed by atoms with van der Waals surface area (Å²) in [7, 11) is 4.61. The maximum atomic E-state index is 14.1. The summed E-state index contributed by atoms with van der Waals surface area (Å²) in [5.74, 6) is 0.716. The Morgan fingerprint density at radius 2 is 1.94 bits per heavy atom. The van der Waals surface area contributed by atoms with Gasteiger partial charge >= 0.3 is 0 Å². The summed E-state index contributed by atoms with van der Waals surface area (Å²) < 4.78 is 25.7. The van der Waals surface area contributed by atoms with Crippen LogP contribution in [0.15, 0.2) is 18.2 Å². The minimum Gasteiger partial charge on any atom is -0.497 e. The second-order valence-corrected chi connectivity index (χ2v) is 3.76. The van der Waals surface area contributed by atoms with Gasteiger partial charge < -0.3 is 15.2 Å². The molecule has 0 aliphatic carbocycles.